The molecule has 0 radical (unpaired) electrons. The summed E-state index contributed by atoms with van der Waals surface area (Å²) in [6.07, 6.45) is 0. The largest absolute Gasteiger partial charge is 0.342 e. The smallest absolute Gasteiger partial charge is 0.137 e. The maximum Gasteiger partial charge on any atom is 0.137 e. The second kappa shape index (κ2) is 11.1. The van der Waals surface area contributed by atoms with Crippen molar-refractivity contribution in [2.45, 2.75) is 58.4 Å². The Hall–Kier alpha value is -3.21. The van der Waals surface area contributed by atoms with Crippen LogP contribution in [0.4, 0.5) is 0 Å². The summed E-state index contributed by atoms with van der Waals surface area (Å²) in [6, 6.07) is 31.0. The molecule has 2 heterocycles. The molecule has 0 spiro atoms. The van der Waals surface area contributed by atoms with Crippen LogP contribution in [0.3, 0.4) is 0 Å². The summed E-state index contributed by atoms with van der Waals surface area (Å²) in [5.41, 5.74) is 7.16. The lowest BCUT2D eigenvalue weighted by Crippen LogP contribution is -2.60. The van der Waals surface area contributed by atoms with Crippen LogP contribution in [-0.2, 0) is 11.0 Å². The third kappa shape index (κ3) is 5.20. The normalized spacial score (nSPS) is 16.5. The number of imidazole rings is 1. The van der Waals surface area contributed by atoms with Crippen LogP contribution < -0.4 is 5.32 Å². The molecule has 1 saturated heterocycles. The third-order valence-electron chi connectivity index (χ3n) is 8.49. The van der Waals surface area contributed by atoms with Crippen molar-refractivity contribution in [1.29, 1.82) is 0 Å². The number of piperazine rings is 1. The van der Waals surface area contributed by atoms with Crippen LogP contribution in [0.1, 0.15) is 68.6 Å². The summed E-state index contributed by atoms with van der Waals surface area (Å²) in [5, 5.41) is 3.59. The molecule has 1 aliphatic rings. The fourth-order valence-electron chi connectivity index (χ4n) is 6.59. The second-order valence-electron chi connectivity index (χ2n) is 12.4. The van der Waals surface area contributed by atoms with Crippen molar-refractivity contribution in [2.75, 3.05) is 26.2 Å². The molecule has 0 amide bonds. The van der Waals surface area contributed by atoms with Crippen LogP contribution in [0.25, 0.3) is 11.4 Å². The van der Waals surface area contributed by atoms with Gasteiger partial charge in [0, 0.05) is 43.4 Å². The van der Waals surface area contributed by atoms with Crippen molar-refractivity contribution in [2.24, 2.45) is 5.92 Å². The number of H-pyrrole nitrogens is 1. The average Bonchev–Trinajstić information content (AvgIpc) is 3.34. The van der Waals surface area contributed by atoms with Crippen LogP contribution in [0, 0.1) is 12.8 Å². The van der Waals surface area contributed by atoms with E-state index in [1.54, 1.807) is 0 Å². The molecule has 4 heteroatoms. The van der Waals surface area contributed by atoms with Gasteiger partial charge in [-0.3, -0.25) is 4.90 Å². The lowest BCUT2D eigenvalue weighted by molar-refractivity contribution is 0.0108. The van der Waals surface area contributed by atoms with Gasteiger partial charge in [0.2, 0.25) is 0 Å². The first kappa shape index (κ1) is 27.4. The number of hydrogen-bond donors (Lipinski definition) is 2. The molecule has 0 saturated carbocycles. The van der Waals surface area contributed by atoms with Gasteiger partial charge in [-0.25, -0.2) is 4.98 Å². The predicted octanol–water partition coefficient (Wildman–Crippen LogP) is 7.27. The van der Waals surface area contributed by atoms with Crippen molar-refractivity contribution in [3.05, 3.63) is 113 Å². The first-order chi connectivity index (χ1) is 18.7. The van der Waals surface area contributed by atoms with E-state index in [0.717, 1.165) is 49.0 Å². The topological polar surface area (TPSA) is 44.0 Å². The van der Waals surface area contributed by atoms with E-state index in [1.165, 1.54) is 16.7 Å². The van der Waals surface area contributed by atoms with Gasteiger partial charge >= 0.3 is 0 Å². The molecule has 1 aliphatic heterocycles. The van der Waals surface area contributed by atoms with Gasteiger partial charge < -0.3 is 10.3 Å². The fourth-order valence-corrected chi connectivity index (χ4v) is 6.59. The van der Waals surface area contributed by atoms with Gasteiger partial charge in [0.1, 0.15) is 5.82 Å². The van der Waals surface area contributed by atoms with E-state index in [1.807, 2.05) is 0 Å². The van der Waals surface area contributed by atoms with Crippen molar-refractivity contribution in [3.8, 4) is 11.4 Å². The molecule has 2 N–H and O–H groups in total. The number of rotatable bonds is 7. The molecular weight excluding hydrogens is 476 g/mol. The number of aromatic amines is 1. The van der Waals surface area contributed by atoms with E-state index >= 15 is 0 Å². The molecule has 39 heavy (non-hydrogen) atoms. The maximum absolute atomic E-state index is 5.53. The lowest BCUT2D eigenvalue weighted by Gasteiger charge is -2.53. The average molecular weight is 521 g/mol. The van der Waals surface area contributed by atoms with Gasteiger partial charge in [-0.2, -0.15) is 0 Å². The van der Waals surface area contributed by atoms with Gasteiger partial charge in [-0.15, -0.1) is 0 Å². The monoisotopic (exact) mass is 520 g/mol. The van der Waals surface area contributed by atoms with Gasteiger partial charge in [-0.05, 0) is 41.0 Å². The summed E-state index contributed by atoms with van der Waals surface area (Å²) >= 11 is 0. The molecule has 1 atom stereocenters. The minimum atomic E-state index is -0.342. The number of aryl methyl sites for hydroxylation is 1. The van der Waals surface area contributed by atoms with Crippen LogP contribution >= 0.6 is 0 Å². The minimum Gasteiger partial charge on any atom is -0.342 e. The molecule has 1 fully saturated rings. The van der Waals surface area contributed by atoms with E-state index in [2.05, 4.69) is 142 Å². The molecule has 4 aromatic rings. The maximum atomic E-state index is 5.53. The zero-order valence-electron chi connectivity index (χ0n) is 24.5. The standard InChI is InChI=1S/C35H44N4/c1-25(2)35(39-22-20-36-21-23-39,31(27-14-9-7-10-15-27)28-16-11-8-12-17-28)32-26(3)37-33(38-32)29-18-13-19-30(24-29)34(4,5)6/h7-19,24-25,31,36H,20-23H2,1-6H3,(H,37,38). The van der Waals surface area contributed by atoms with Gasteiger partial charge in [0.05, 0.1) is 11.2 Å². The highest BCUT2D eigenvalue weighted by Crippen LogP contribution is 2.51. The minimum absolute atomic E-state index is 0.0781. The van der Waals surface area contributed by atoms with E-state index in [4.69, 9.17) is 4.98 Å². The van der Waals surface area contributed by atoms with Gasteiger partial charge in [0.25, 0.3) is 0 Å². The van der Waals surface area contributed by atoms with E-state index in [0.29, 0.717) is 5.92 Å². The lowest BCUT2D eigenvalue weighted by atomic mass is 9.65. The predicted molar refractivity (Wildman–Crippen MR) is 163 cm³/mol. The van der Waals surface area contributed by atoms with Crippen molar-refractivity contribution in [3.63, 3.8) is 0 Å². The summed E-state index contributed by atoms with van der Waals surface area (Å²) in [4.78, 5) is 12.0. The van der Waals surface area contributed by atoms with E-state index in [-0.39, 0.29) is 16.9 Å². The number of hydrogen-bond acceptors (Lipinski definition) is 3. The Morgan fingerprint density at radius 3 is 1.92 bits per heavy atom. The third-order valence-corrected chi connectivity index (χ3v) is 8.49. The highest BCUT2D eigenvalue weighted by atomic mass is 15.3. The van der Waals surface area contributed by atoms with Crippen molar-refractivity contribution < 1.29 is 0 Å². The highest BCUT2D eigenvalue weighted by molar-refractivity contribution is 5.59. The summed E-state index contributed by atoms with van der Waals surface area (Å²) < 4.78 is 0. The molecule has 204 valence electrons. The van der Waals surface area contributed by atoms with Crippen LogP contribution in [0.5, 0.6) is 0 Å². The Balaban J connectivity index is 1.77. The Bertz CT molecular complexity index is 1320. The molecular formula is C35H44N4. The van der Waals surface area contributed by atoms with Crippen LogP contribution in [0.2, 0.25) is 0 Å². The van der Waals surface area contributed by atoms with Crippen molar-refractivity contribution >= 4 is 0 Å². The molecule has 0 aliphatic carbocycles. The van der Waals surface area contributed by atoms with E-state index in [9.17, 15) is 0 Å². The number of aromatic nitrogens is 2. The zero-order valence-corrected chi connectivity index (χ0v) is 24.5. The van der Waals surface area contributed by atoms with Crippen molar-refractivity contribution in [1.82, 2.24) is 20.2 Å². The van der Waals surface area contributed by atoms with Gasteiger partial charge in [-0.1, -0.05) is 113 Å². The SMILES string of the molecule is Cc1[nH]c(-c2cccc(C(C)(C)C)c2)nc1C(C(C)C)(C(c1ccccc1)c1ccccc1)N1CCNCC1. The summed E-state index contributed by atoms with van der Waals surface area (Å²) in [5.74, 6) is 1.37. The molecule has 0 bridgehead atoms. The second-order valence-corrected chi connectivity index (χ2v) is 12.4. The number of benzene rings is 3. The number of nitrogens with one attached hydrogen (secondary N) is 2. The van der Waals surface area contributed by atoms with Gasteiger partial charge in [0.15, 0.2) is 0 Å². The Morgan fingerprint density at radius 1 is 0.795 bits per heavy atom. The first-order valence-electron chi connectivity index (χ1n) is 14.5. The first-order valence-corrected chi connectivity index (χ1v) is 14.5. The molecule has 3 aromatic carbocycles. The van der Waals surface area contributed by atoms with Crippen LogP contribution in [-0.4, -0.2) is 41.0 Å². The quantitative estimate of drug-likeness (QED) is 0.269. The molecule has 4 nitrogen and oxygen atoms in total. The Morgan fingerprint density at radius 2 is 1.38 bits per heavy atom. The Kier molecular flexibility index (Phi) is 7.80. The van der Waals surface area contributed by atoms with Crippen LogP contribution in [0.15, 0.2) is 84.9 Å². The summed E-state index contributed by atoms with van der Waals surface area (Å²) in [7, 11) is 0. The summed E-state index contributed by atoms with van der Waals surface area (Å²) in [6.45, 7) is 17.7. The molecule has 5 rings (SSSR count). The highest BCUT2D eigenvalue weighted by Gasteiger charge is 2.51. The fraction of sp³-hybridized carbons (Fsp3) is 0.400. The van der Waals surface area contributed by atoms with E-state index < -0.39 is 0 Å². The Labute approximate surface area is 234 Å². The molecule has 1 unspecified atom stereocenters. The molecule has 1 aromatic heterocycles. The number of nitrogens with zero attached hydrogens (tertiary/aromatic N) is 2. The zero-order chi connectivity index (χ0) is 27.6.